The molecule has 0 aliphatic heterocycles. The average molecular weight is 497 g/mol. The highest BCUT2D eigenvalue weighted by molar-refractivity contribution is 6.31. The van der Waals surface area contributed by atoms with Crippen LogP contribution in [0.1, 0.15) is 18.2 Å². The number of anilines is 1. The van der Waals surface area contributed by atoms with Crippen LogP contribution in [0.15, 0.2) is 48.7 Å². The predicted molar refractivity (Wildman–Crippen MR) is 115 cm³/mol. The first-order chi connectivity index (χ1) is 15.9. The molecule has 1 N–H and O–H groups in total. The fourth-order valence-electron chi connectivity index (χ4n) is 2.62. The van der Waals surface area contributed by atoms with Crippen LogP contribution < -0.4 is 14.8 Å². The standard InChI is InChI=1S/C21H16ClF3N4O5/c1-11-3-8-17(29(31)32)18(27-11)28-19(30)12(2)33-14-4-6-15(7-5-14)34-20-16(22)9-13(10-26-20)21(23,24)25/h3-10,12H,1-2H3,(H,27,28,30). The van der Waals surface area contributed by atoms with E-state index in [1.54, 1.807) is 6.92 Å². The van der Waals surface area contributed by atoms with Crippen molar-refractivity contribution in [1.82, 2.24) is 9.97 Å². The molecule has 0 radical (unpaired) electrons. The number of amides is 1. The summed E-state index contributed by atoms with van der Waals surface area (Å²) in [6.07, 6.45) is -5.02. The molecule has 0 fully saturated rings. The Kier molecular flexibility index (Phi) is 7.20. The fourth-order valence-corrected chi connectivity index (χ4v) is 2.82. The maximum absolute atomic E-state index is 12.7. The SMILES string of the molecule is Cc1ccc([N+](=O)[O-])c(NC(=O)C(C)Oc2ccc(Oc3ncc(C(F)(F)F)cc3Cl)cc2)n1. The van der Waals surface area contributed by atoms with Gasteiger partial charge in [-0.2, -0.15) is 13.2 Å². The molecule has 1 unspecified atom stereocenters. The minimum atomic E-state index is -4.59. The maximum atomic E-state index is 12.7. The maximum Gasteiger partial charge on any atom is 0.417 e. The molecule has 3 rings (SSSR count). The highest BCUT2D eigenvalue weighted by atomic mass is 35.5. The van der Waals surface area contributed by atoms with Gasteiger partial charge in [-0.3, -0.25) is 14.9 Å². The van der Waals surface area contributed by atoms with Gasteiger partial charge < -0.3 is 14.8 Å². The zero-order valence-corrected chi connectivity index (χ0v) is 18.3. The monoisotopic (exact) mass is 496 g/mol. The van der Waals surface area contributed by atoms with Crippen LogP contribution in [0.3, 0.4) is 0 Å². The number of pyridine rings is 2. The molecule has 178 valence electrons. The van der Waals surface area contributed by atoms with Crippen molar-refractivity contribution in [3.8, 4) is 17.4 Å². The van der Waals surface area contributed by atoms with Crippen LogP contribution in [0, 0.1) is 17.0 Å². The summed E-state index contributed by atoms with van der Waals surface area (Å²) in [6, 6.07) is 9.15. The highest BCUT2D eigenvalue weighted by Crippen LogP contribution is 2.35. The lowest BCUT2D eigenvalue weighted by Crippen LogP contribution is -2.30. The summed E-state index contributed by atoms with van der Waals surface area (Å²) >= 11 is 5.82. The predicted octanol–water partition coefficient (Wildman–Crippen LogP) is 5.56. The van der Waals surface area contributed by atoms with Crippen LogP contribution >= 0.6 is 11.6 Å². The minimum absolute atomic E-state index is 0.199. The third-order valence-electron chi connectivity index (χ3n) is 4.31. The van der Waals surface area contributed by atoms with Crippen LogP contribution in [0.2, 0.25) is 5.02 Å². The van der Waals surface area contributed by atoms with Gasteiger partial charge in [0.05, 0.1) is 10.5 Å². The Morgan fingerprint density at radius 1 is 1.18 bits per heavy atom. The molecule has 9 nitrogen and oxygen atoms in total. The molecule has 2 heterocycles. The van der Waals surface area contributed by atoms with E-state index in [2.05, 4.69) is 15.3 Å². The quantitative estimate of drug-likeness (QED) is 0.336. The number of alkyl halides is 3. The minimum Gasteiger partial charge on any atom is -0.481 e. The Hall–Kier alpha value is -3.93. The van der Waals surface area contributed by atoms with E-state index in [1.165, 1.54) is 43.3 Å². The second kappa shape index (κ2) is 9.91. The number of nitro groups is 1. The van der Waals surface area contributed by atoms with Crippen molar-refractivity contribution in [1.29, 1.82) is 0 Å². The van der Waals surface area contributed by atoms with E-state index in [0.29, 0.717) is 18.0 Å². The molecule has 1 aromatic carbocycles. The van der Waals surface area contributed by atoms with Crippen molar-refractivity contribution < 1.29 is 32.4 Å². The Bertz CT molecular complexity index is 1220. The normalized spacial score (nSPS) is 12.1. The summed E-state index contributed by atoms with van der Waals surface area (Å²) in [5.74, 6) is -0.618. The lowest BCUT2D eigenvalue weighted by Gasteiger charge is -2.15. The van der Waals surface area contributed by atoms with E-state index < -0.39 is 28.7 Å². The molecule has 0 saturated heterocycles. The molecule has 0 aliphatic carbocycles. The summed E-state index contributed by atoms with van der Waals surface area (Å²) in [7, 11) is 0. The number of nitrogens with zero attached hydrogens (tertiary/aromatic N) is 3. The lowest BCUT2D eigenvalue weighted by molar-refractivity contribution is -0.384. The molecule has 1 atom stereocenters. The first-order valence-electron chi connectivity index (χ1n) is 9.54. The van der Waals surface area contributed by atoms with Crippen LogP contribution in [-0.2, 0) is 11.0 Å². The zero-order chi connectivity index (χ0) is 25.0. The second-order valence-electron chi connectivity index (χ2n) is 6.91. The topological polar surface area (TPSA) is 116 Å². The van der Waals surface area contributed by atoms with Crippen LogP contribution in [0.25, 0.3) is 0 Å². The first kappa shape index (κ1) is 24.7. The lowest BCUT2D eigenvalue weighted by atomic mass is 10.3. The number of carbonyl (C=O) groups excluding carboxylic acids is 1. The Balaban J connectivity index is 1.64. The van der Waals surface area contributed by atoms with Crippen molar-refractivity contribution in [2.24, 2.45) is 0 Å². The summed E-state index contributed by atoms with van der Waals surface area (Å²) in [4.78, 5) is 30.4. The van der Waals surface area contributed by atoms with Gasteiger partial charge in [0.25, 0.3) is 5.91 Å². The smallest absolute Gasteiger partial charge is 0.417 e. The van der Waals surface area contributed by atoms with E-state index >= 15 is 0 Å². The van der Waals surface area contributed by atoms with Gasteiger partial charge in [-0.15, -0.1) is 0 Å². The van der Waals surface area contributed by atoms with Gasteiger partial charge in [0.15, 0.2) is 6.10 Å². The molecule has 3 aromatic rings. The van der Waals surface area contributed by atoms with Crippen LogP contribution in [-0.4, -0.2) is 26.9 Å². The van der Waals surface area contributed by atoms with Gasteiger partial charge in [-0.25, -0.2) is 9.97 Å². The number of aromatic nitrogens is 2. The van der Waals surface area contributed by atoms with E-state index in [1.807, 2.05) is 0 Å². The zero-order valence-electron chi connectivity index (χ0n) is 17.6. The van der Waals surface area contributed by atoms with Gasteiger partial charge in [-0.1, -0.05) is 11.6 Å². The summed E-state index contributed by atoms with van der Waals surface area (Å²) in [5.41, 5.74) is -0.886. The van der Waals surface area contributed by atoms with Crippen molar-refractivity contribution >= 4 is 29.0 Å². The van der Waals surface area contributed by atoms with Crippen molar-refractivity contribution in [3.05, 3.63) is 75.1 Å². The average Bonchev–Trinajstić information content (AvgIpc) is 2.75. The van der Waals surface area contributed by atoms with E-state index in [4.69, 9.17) is 21.1 Å². The number of halogens is 4. The number of nitrogens with one attached hydrogen (secondary N) is 1. The molecular weight excluding hydrogens is 481 g/mol. The number of ether oxygens (including phenoxy) is 2. The number of aryl methyl sites for hydroxylation is 1. The third kappa shape index (κ3) is 6.10. The highest BCUT2D eigenvalue weighted by Gasteiger charge is 2.32. The van der Waals surface area contributed by atoms with Gasteiger partial charge in [0.1, 0.15) is 16.5 Å². The number of rotatable bonds is 7. The number of carbonyl (C=O) groups is 1. The Labute approximate surface area is 195 Å². The Morgan fingerprint density at radius 2 is 1.82 bits per heavy atom. The van der Waals surface area contributed by atoms with Gasteiger partial charge in [-0.05, 0) is 50.2 Å². The molecule has 0 saturated carbocycles. The van der Waals surface area contributed by atoms with E-state index in [9.17, 15) is 28.1 Å². The molecule has 1 amide bonds. The molecule has 2 aromatic heterocycles. The first-order valence-corrected chi connectivity index (χ1v) is 9.92. The van der Waals surface area contributed by atoms with Crippen molar-refractivity contribution in [3.63, 3.8) is 0 Å². The summed E-state index contributed by atoms with van der Waals surface area (Å²) in [6.45, 7) is 3.06. The molecule has 0 bridgehead atoms. The van der Waals surface area contributed by atoms with E-state index in [-0.39, 0.29) is 33.9 Å². The molecule has 13 heteroatoms. The van der Waals surface area contributed by atoms with Crippen LogP contribution in [0.4, 0.5) is 24.7 Å². The summed E-state index contributed by atoms with van der Waals surface area (Å²) in [5, 5.41) is 13.2. The second-order valence-corrected chi connectivity index (χ2v) is 7.32. The van der Waals surface area contributed by atoms with Crippen molar-refractivity contribution in [2.75, 3.05) is 5.32 Å². The number of hydrogen-bond acceptors (Lipinski definition) is 7. The van der Waals surface area contributed by atoms with Crippen molar-refractivity contribution in [2.45, 2.75) is 26.1 Å². The molecular formula is C21H16ClF3N4O5. The van der Waals surface area contributed by atoms with Gasteiger partial charge >= 0.3 is 11.9 Å². The molecule has 0 aliphatic rings. The fraction of sp³-hybridized carbons (Fsp3) is 0.190. The molecule has 0 spiro atoms. The van der Waals surface area contributed by atoms with E-state index in [0.717, 1.165) is 0 Å². The Morgan fingerprint density at radius 3 is 2.41 bits per heavy atom. The largest absolute Gasteiger partial charge is 0.481 e. The third-order valence-corrected chi connectivity index (χ3v) is 4.58. The van der Waals surface area contributed by atoms with Crippen LogP contribution in [0.5, 0.6) is 17.4 Å². The number of benzene rings is 1. The molecule has 34 heavy (non-hydrogen) atoms. The summed E-state index contributed by atoms with van der Waals surface area (Å²) < 4.78 is 49.1. The van der Waals surface area contributed by atoms with Gasteiger partial charge in [0, 0.05) is 18.0 Å². The van der Waals surface area contributed by atoms with Gasteiger partial charge in [0.2, 0.25) is 11.7 Å². The number of hydrogen-bond donors (Lipinski definition) is 1.